The maximum atomic E-state index is 12.9. The Morgan fingerprint density at radius 1 is 1.33 bits per heavy atom. The second-order valence-electron chi connectivity index (χ2n) is 6.31. The molecule has 0 aliphatic heterocycles. The van der Waals surface area contributed by atoms with Crippen molar-refractivity contribution in [3.8, 4) is 0 Å². The van der Waals surface area contributed by atoms with Crippen molar-refractivity contribution < 1.29 is 14.3 Å². The standard InChI is InChI=1S/C20H17BrClO3PS/c1-26(24,25)20(17-12-27-19-9-8-15(22)11-16(17)19)18(23)7-3-5-13-4-2-6-14(21)10-13/h2-6,8-12,20H,7H2,1H3,(H,24,25)/b5-3+. The first-order chi connectivity index (χ1) is 12.8. The molecule has 140 valence electrons. The smallest absolute Gasteiger partial charge is 0.212 e. The molecule has 0 fully saturated rings. The third-order valence-electron chi connectivity index (χ3n) is 4.12. The lowest BCUT2D eigenvalue weighted by atomic mass is 10.0. The summed E-state index contributed by atoms with van der Waals surface area (Å²) in [5, 5.41) is 3.08. The normalized spacial score (nSPS) is 15.1. The van der Waals surface area contributed by atoms with Crippen LogP contribution >= 0.6 is 46.2 Å². The molecule has 27 heavy (non-hydrogen) atoms. The lowest BCUT2D eigenvalue weighted by Crippen LogP contribution is -2.11. The number of allylic oxidation sites excluding steroid dienone is 1. The van der Waals surface area contributed by atoms with Crippen LogP contribution in [0.3, 0.4) is 0 Å². The fourth-order valence-corrected chi connectivity index (χ4v) is 5.99. The number of halogens is 2. The van der Waals surface area contributed by atoms with E-state index in [-0.39, 0.29) is 12.2 Å². The van der Waals surface area contributed by atoms with Gasteiger partial charge in [0.25, 0.3) is 0 Å². The Kier molecular flexibility index (Phi) is 6.39. The maximum Gasteiger partial charge on any atom is 0.212 e. The molecular formula is C20H17BrClO3PS. The van der Waals surface area contributed by atoms with Crippen LogP contribution in [0.5, 0.6) is 0 Å². The van der Waals surface area contributed by atoms with Crippen molar-refractivity contribution in [2.24, 2.45) is 0 Å². The Balaban J connectivity index is 1.89. The second kappa shape index (κ2) is 8.42. The highest BCUT2D eigenvalue weighted by atomic mass is 79.9. The monoisotopic (exact) mass is 482 g/mol. The lowest BCUT2D eigenvalue weighted by molar-refractivity contribution is -0.118. The number of hydrogen-bond acceptors (Lipinski definition) is 3. The number of rotatable bonds is 6. The minimum Gasteiger partial charge on any atom is -0.344 e. The minimum atomic E-state index is -3.69. The van der Waals surface area contributed by atoms with Crippen LogP contribution in [0.4, 0.5) is 0 Å². The van der Waals surface area contributed by atoms with Gasteiger partial charge in [-0.2, -0.15) is 0 Å². The fraction of sp³-hybridized carbons (Fsp3) is 0.150. The van der Waals surface area contributed by atoms with Crippen molar-refractivity contribution in [1.29, 1.82) is 0 Å². The van der Waals surface area contributed by atoms with Crippen LogP contribution in [0.2, 0.25) is 5.02 Å². The topological polar surface area (TPSA) is 54.4 Å². The molecule has 2 unspecified atom stereocenters. The van der Waals surface area contributed by atoms with Gasteiger partial charge in [0, 0.05) is 27.3 Å². The van der Waals surface area contributed by atoms with Gasteiger partial charge in [-0.15, -0.1) is 11.3 Å². The van der Waals surface area contributed by atoms with E-state index in [1.807, 2.05) is 36.4 Å². The number of thiophene rings is 1. The van der Waals surface area contributed by atoms with E-state index in [1.165, 1.54) is 18.0 Å². The number of carbonyl (C=O) groups is 1. The zero-order chi connectivity index (χ0) is 19.6. The quantitative estimate of drug-likeness (QED) is 0.387. The number of benzene rings is 2. The molecule has 0 aliphatic rings. The van der Waals surface area contributed by atoms with Crippen LogP contribution in [0.1, 0.15) is 23.2 Å². The molecule has 2 aromatic carbocycles. The Bertz CT molecular complexity index is 1070. The zero-order valence-electron chi connectivity index (χ0n) is 14.4. The summed E-state index contributed by atoms with van der Waals surface area (Å²) in [6, 6.07) is 13.1. The largest absolute Gasteiger partial charge is 0.344 e. The first-order valence-electron chi connectivity index (χ1n) is 8.17. The highest BCUT2D eigenvalue weighted by Crippen LogP contribution is 2.55. The Labute approximate surface area is 175 Å². The molecule has 7 heteroatoms. The van der Waals surface area contributed by atoms with Crippen LogP contribution < -0.4 is 0 Å². The maximum absolute atomic E-state index is 12.9. The minimum absolute atomic E-state index is 0.0769. The summed E-state index contributed by atoms with van der Waals surface area (Å²) in [5.41, 5.74) is 0.466. The molecule has 1 heterocycles. The lowest BCUT2D eigenvalue weighted by Gasteiger charge is -2.18. The Hall–Kier alpha value is -1.23. The summed E-state index contributed by atoms with van der Waals surface area (Å²) in [5.74, 6) is -0.283. The molecule has 0 saturated heterocycles. The van der Waals surface area contributed by atoms with Crippen molar-refractivity contribution in [3.63, 3.8) is 0 Å². The summed E-state index contributed by atoms with van der Waals surface area (Å²) in [6.45, 7) is 1.24. The van der Waals surface area contributed by atoms with Crippen LogP contribution in [-0.2, 0) is 9.36 Å². The van der Waals surface area contributed by atoms with Gasteiger partial charge < -0.3 is 4.89 Å². The van der Waals surface area contributed by atoms with E-state index < -0.39 is 13.0 Å². The molecule has 0 radical (unpaired) electrons. The summed E-state index contributed by atoms with van der Waals surface area (Å²) >= 11 is 10.9. The number of hydrogen-bond donors (Lipinski definition) is 1. The molecule has 0 spiro atoms. The SMILES string of the molecule is CP(=O)(O)C(C(=O)C/C=C/c1cccc(Br)c1)c1csc2ccc(Cl)cc12. The van der Waals surface area contributed by atoms with Crippen LogP contribution in [0.15, 0.2) is 58.4 Å². The summed E-state index contributed by atoms with van der Waals surface area (Å²) in [6.07, 6.45) is 3.64. The van der Waals surface area contributed by atoms with Crippen molar-refractivity contribution in [1.82, 2.24) is 0 Å². The van der Waals surface area contributed by atoms with E-state index >= 15 is 0 Å². The molecule has 2 atom stereocenters. The molecule has 0 amide bonds. The molecule has 1 aromatic heterocycles. The van der Waals surface area contributed by atoms with Gasteiger partial charge in [0.05, 0.1) is 0 Å². The molecule has 0 bridgehead atoms. The molecule has 0 aliphatic carbocycles. The van der Waals surface area contributed by atoms with Crippen molar-refractivity contribution in [2.75, 3.05) is 6.66 Å². The van der Waals surface area contributed by atoms with Crippen molar-refractivity contribution >= 4 is 68.2 Å². The first kappa shape index (κ1) is 20.5. The molecule has 3 aromatic rings. The van der Waals surface area contributed by atoms with Crippen molar-refractivity contribution in [3.05, 3.63) is 74.5 Å². The number of ketones is 1. The number of fused-ring (bicyclic) bond motifs is 1. The fourth-order valence-electron chi connectivity index (χ4n) is 2.96. The van der Waals surface area contributed by atoms with Crippen LogP contribution in [-0.4, -0.2) is 17.3 Å². The first-order valence-corrected chi connectivity index (χ1v) is 12.4. The third-order valence-corrected chi connectivity index (χ3v) is 7.36. The van der Waals surface area contributed by atoms with Crippen LogP contribution in [0.25, 0.3) is 16.2 Å². The van der Waals surface area contributed by atoms with Gasteiger partial charge in [0.2, 0.25) is 7.37 Å². The molecule has 3 nitrogen and oxygen atoms in total. The van der Waals surface area contributed by atoms with E-state index in [2.05, 4.69) is 15.9 Å². The number of carbonyl (C=O) groups excluding carboxylic acids is 1. The van der Waals surface area contributed by atoms with Gasteiger partial charge >= 0.3 is 0 Å². The molecule has 3 rings (SSSR count). The molecule has 0 saturated carbocycles. The second-order valence-corrected chi connectivity index (χ2v) is 11.0. The van der Waals surface area contributed by atoms with Crippen LogP contribution in [0, 0.1) is 0 Å². The van der Waals surface area contributed by atoms with Gasteiger partial charge in [0.15, 0.2) is 5.78 Å². The van der Waals surface area contributed by atoms with Gasteiger partial charge in [-0.1, -0.05) is 51.8 Å². The average Bonchev–Trinajstić information content (AvgIpc) is 2.96. The summed E-state index contributed by atoms with van der Waals surface area (Å²) < 4.78 is 14.4. The van der Waals surface area contributed by atoms with E-state index in [4.69, 9.17) is 11.6 Å². The molecule has 1 N–H and O–H groups in total. The van der Waals surface area contributed by atoms with E-state index in [0.717, 1.165) is 20.1 Å². The predicted molar refractivity (Wildman–Crippen MR) is 118 cm³/mol. The highest BCUT2D eigenvalue weighted by Gasteiger charge is 2.35. The van der Waals surface area contributed by atoms with Gasteiger partial charge in [0.1, 0.15) is 5.66 Å². The Morgan fingerprint density at radius 3 is 2.81 bits per heavy atom. The summed E-state index contributed by atoms with van der Waals surface area (Å²) in [4.78, 5) is 23.1. The van der Waals surface area contributed by atoms with E-state index in [9.17, 15) is 14.3 Å². The van der Waals surface area contributed by atoms with Gasteiger partial charge in [-0.05, 0) is 52.2 Å². The third kappa shape index (κ3) is 4.98. The van der Waals surface area contributed by atoms with Crippen molar-refractivity contribution in [2.45, 2.75) is 12.1 Å². The summed E-state index contributed by atoms with van der Waals surface area (Å²) in [7, 11) is -3.69. The van der Waals surface area contributed by atoms with E-state index in [1.54, 1.807) is 23.6 Å². The average molecular weight is 484 g/mol. The zero-order valence-corrected chi connectivity index (χ0v) is 18.5. The van der Waals surface area contributed by atoms with E-state index in [0.29, 0.717) is 10.6 Å². The Morgan fingerprint density at radius 2 is 2.11 bits per heavy atom. The predicted octanol–water partition coefficient (Wildman–Crippen LogP) is 6.93. The highest BCUT2D eigenvalue weighted by molar-refractivity contribution is 9.10. The van der Waals surface area contributed by atoms with Gasteiger partial charge in [-0.25, -0.2) is 0 Å². The number of Topliss-reactive ketones (excluding diaryl/α,β-unsaturated/α-hetero) is 1. The molecular weight excluding hydrogens is 467 g/mol. The van der Waals surface area contributed by atoms with Gasteiger partial charge in [-0.3, -0.25) is 9.36 Å².